The van der Waals surface area contributed by atoms with Gasteiger partial charge in [-0.2, -0.15) is 0 Å². The van der Waals surface area contributed by atoms with E-state index in [4.69, 9.17) is 18.0 Å². The number of hydrogen-bond acceptors (Lipinski definition) is 1. The second-order valence-electron chi connectivity index (χ2n) is 3.23. The number of benzene rings is 1. The molecule has 0 spiro atoms. The molecule has 0 saturated carbocycles. The van der Waals surface area contributed by atoms with Gasteiger partial charge in [0, 0.05) is 10.0 Å². The molecule has 16 heavy (non-hydrogen) atoms. The van der Waals surface area contributed by atoms with Crippen molar-refractivity contribution in [3.05, 3.63) is 33.3 Å². The molecule has 1 amide bonds. The first-order chi connectivity index (χ1) is 7.58. The van der Waals surface area contributed by atoms with E-state index in [1.165, 1.54) is 0 Å². The summed E-state index contributed by atoms with van der Waals surface area (Å²) in [5, 5.41) is 3.31. The fraction of sp³-hybridized carbons (Fsp3) is 0.250. The summed E-state index contributed by atoms with van der Waals surface area (Å²) in [6, 6.07) is 4.76. The maximum atomic E-state index is 11.8. The Labute approximate surface area is 109 Å². The zero-order chi connectivity index (χ0) is 12.1. The largest absolute Gasteiger partial charge is 0.338 e. The van der Waals surface area contributed by atoms with Crippen LogP contribution in [0.15, 0.2) is 22.7 Å². The third-order valence-corrected chi connectivity index (χ3v) is 3.31. The van der Waals surface area contributed by atoms with Crippen LogP contribution in [0.2, 0.25) is 5.02 Å². The van der Waals surface area contributed by atoms with E-state index in [1.807, 2.05) is 6.92 Å². The highest BCUT2D eigenvalue weighted by atomic mass is 79.9. The van der Waals surface area contributed by atoms with Crippen molar-refractivity contribution in [2.24, 2.45) is 0 Å². The third-order valence-electron chi connectivity index (χ3n) is 2.10. The Hall–Kier alpha value is -0.980. The SMILES string of the molecule is C#CC(CC)NC(=O)c1ccc(Cl)c(Br)c1. The van der Waals surface area contributed by atoms with Gasteiger partial charge in [-0.05, 0) is 40.5 Å². The summed E-state index contributed by atoms with van der Waals surface area (Å²) in [7, 11) is 0. The smallest absolute Gasteiger partial charge is 0.252 e. The first kappa shape index (κ1) is 13.1. The van der Waals surface area contributed by atoms with Crippen LogP contribution >= 0.6 is 27.5 Å². The number of amides is 1. The molecule has 1 unspecified atom stereocenters. The molecule has 2 nitrogen and oxygen atoms in total. The van der Waals surface area contributed by atoms with E-state index in [1.54, 1.807) is 18.2 Å². The van der Waals surface area contributed by atoms with Crippen molar-refractivity contribution in [3.63, 3.8) is 0 Å². The Morgan fingerprint density at radius 3 is 2.88 bits per heavy atom. The highest BCUT2D eigenvalue weighted by Gasteiger charge is 2.10. The molecular weight excluding hydrogens is 289 g/mol. The van der Waals surface area contributed by atoms with Crippen LogP contribution in [0.3, 0.4) is 0 Å². The predicted octanol–water partition coefficient (Wildman–Crippen LogP) is 3.24. The zero-order valence-corrected chi connectivity index (χ0v) is 11.1. The second-order valence-corrected chi connectivity index (χ2v) is 4.49. The van der Waals surface area contributed by atoms with Crippen molar-refractivity contribution in [1.29, 1.82) is 0 Å². The number of halogens is 2. The number of carbonyl (C=O) groups excluding carboxylic acids is 1. The molecule has 1 aromatic rings. The van der Waals surface area contributed by atoms with Crippen LogP contribution in [-0.2, 0) is 0 Å². The average molecular weight is 301 g/mol. The first-order valence-electron chi connectivity index (χ1n) is 4.80. The summed E-state index contributed by atoms with van der Waals surface area (Å²) in [4.78, 5) is 11.8. The van der Waals surface area contributed by atoms with Crippen molar-refractivity contribution in [2.75, 3.05) is 0 Å². The maximum Gasteiger partial charge on any atom is 0.252 e. The minimum Gasteiger partial charge on any atom is -0.338 e. The number of rotatable bonds is 3. The van der Waals surface area contributed by atoms with Gasteiger partial charge in [-0.1, -0.05) is 24.4 Å². The van der Waals surface area contributed by atoms with Gasteiger partial charge in [0.15, 0.2) is 0 Å². The Bertz CT molecular complexity index is 439. The topological polar surface area (TPSA) is 29.1 Å². The highest BCUT2D eigenvalue weighted by molar-refractivity contribution is 9.10. The van der Waals surface area contributed by atoms with Gasteiger partial charge in [0.2, 0.25) is 0 Å². The van der Waals surface area contributed by atoms with E-state index >= 15 is 0 Å². The molecule has 4 heteroatoms. The lowest BCUT2D eigenvalue weighted by Gasteiger charge is -2.10. The summed E-state index contributed by atoms with van der Waals surface area (Å²) < 4.78 is 0.690. The minimum atomic E-state index is -0.234. The van der Waals surface area contributed by atoms with Crippen molar-refractivity contribution in [2.45, 2.75) is 19.4 Å². The molecule has 1 atom stereocenters. The number of terminal acetylenes is 1. The van der Waals surface area contributed by atoms with Gasteiger partial charge in [-0.3, -0.25) is 4.79 Å². The molecule has 0 radical (unpaired) electrons. The Morgan fingerprint density at radius 2 is 2.38 bits per heavy atom. The maximum absolute atomic E-state index is 11.8. The average Bonchev–Trinajstić information content (AvgIpc) is 2.29. The molecule has 0 aliphatic carbocycles. The number of hydrogen-bond donors (Lipinski definition) is 1. The first-order valence-corrected chi connectivity index (χ1v) is 5.97. The van der Waals surface area contributed by atoms with Crippen molar-refractivity contribution in [3.8, 4) is 12.3 Å². The monoisotopic (exact) mass is 299 g/mol. The lowest BCUT2D eigenvalue weighted by atomic mass is 10.2. The third kappa shape index (κ3) is 3.26. The summed E-state index contributed by atoms with van der Waals surface area (Å²) in [6.45, 7) is 1.92. The van der Waals surface area contributed by atoms with Crippen molar-refractivity contribution >= 4 is 33.4 Å². The molecule has 0 aliphatic heterocycles. The van der Waals surface area contributed by atoms with Gasteiger partial charge >= 0.3 is 0 Å². The molecule has 0 saturated heterocycles. The molecule has 0 aliphatic rings. The van der Waals surface area contributed by atoms with E-state index < -0.39 is 0 Å². The van der Waals surface area contributed by atoms with Crippen LogP contribution in [0.5, 0.6) is 0 Å². The molecule has 0 heterocycles. The summed E-state index contributed by atoms with van der Waals surface area (Å²) in [5.74, 6) is 2.32. The molecule has 84 valence electrons. The summed E-state index contributed by atoms with van der Waals surface area (Å²) in [5.41, 5.74) is 0.532. The van der Waals surface area contributed by atoms with Gasteiger partial charge in [0.1, 0.15) is 0 Å². The van der Waals surface area contributed by atoms with Gasteiger partial charge in [0.25, 0.3) is 5.91 Å². The molecule has 1 rings (SSSR count). The van der Waals surface area contributed by atoms with Crippen LogP contribution in [0.1, 0.15) is 23.7 Å². The minimum absolute atomic E-state index is 0.192. The molecule has 0 bridgehead atoms. The van der Waals surface area contributed by atoms with Crippen LogP contribution in [0.25, 0.3) is 0 Å². The quantitative estimate of drug-likeness (QED) is 0.853. The van der Waals surface area contributed by atoms with E-state index in [0.29, 0.717) is 21.5 Å². The Morgan fingerprint density at radius 1 is 1.69 bits per heavy atom. The van der Waals surface area contributed by atoms with E-state index in [-0.39, 0.29) is 11.9 Å². The molecule has 0 fully saturated rings. The van der Waals surface area contributed by atoms with Crippen molar-refractivity contribution in [1.82, 2.24) is 5.32 Å². The highest BCUT2D eigenvalue weighted by Crippen LogP contribution is 2.23. The van der Waals surface area contributed by atoms with Gasteiger partial charge in [0.05, 0.1) is 11.1 Å². The zero-order valence-electron chi connectivity index (χ0n) is 8.76. The number of carbonyl (C=O) groups is 1. The van der Waals surface area contributed by atoms with E-state index in [2.05, 4.69) is 27.2 Å². The molecule has 1 N–H and O–H groups in total. The van der Waals surface area contributed by atoms with Gasteiger partial charge < -0.3 is 5.32 Å². The standard InChI is InChI=1S/C12H11BrClNO/c1-3-9(4-2)15-12(16)8-5-6-11(14)10(13)7-8/h1,5-7,9H,4H2,2H3,(H,15,16). The number of nitrogens with one attached hydrogen (secondary N) is 1. The van der Waals surface area contributed by atoms with E-state index in [0.717, 1.165) is 0 Å². The molecule has 0 aromatic heterocycles. The molecular formula is C12H11BrClNO. The second kappa shape index (κ2) is 5.93. The lowest BCUT2D eigenvalue weighted by Crippen LogP contribution is -2.33. The predicted molar refractivity (Wildman–Crippen MR) is 69.5 cm³/mol. The fourth-order valence-electron chi connectivity index (χ4n) is 1.14. The lowest BCUT2D eigenvalue weighted by molar-refractivity contribution is 0.0945. The van der Waals surface area contributed by atoms with Crippen LogP contribution in [0.4, 0.5) is 0 Å². The van der Waals surface area contributed by atoms with Gasteiger partial charge in [-0.15, -0.1) is 6.42 Å². The summed E-state index contributed by atoms with van der Waals surface area (Å²) >= 11 is 9.10. The van der Waals surface area contributed by atoms with Crippen LogP contribution in [-0.4, -0.2) is 11.9 Å². The van der Waals surface area contributed by atoms with Crippen molar-refractivity contribution < 1.29 is 4.79 Å². The Kier molecular flexibility index (Phi) is 4.85. The van der Waals surface area contributed by atoms with Crippen LogP contribution < -0.4 is 5.32 Å². The van der Waals surface area contributed by atoms with E-state index in [9.17, 15) is 4.79 Å². The van der Waals surface area contributed by atoms with Gasteiger partial charge in [-0.25, -0.2) is 0 Å². The normalized spacial score (nSPS) is 11.6. The van der Waals surface area contributed by atoms with Crippen LogP contribution in [0, 0.1) is 12.3 Å². The molecule has 1 aromatic carbocycles. The Balaban J connectivity index is 2.81. The fourth-order valence-corrected chi connectivity index (χ4v) is 1.64. The summed E-state index contributed by atoms with van der Waals surface area (Å²) in [6.07, 6.45) is 5.97.